The van der Waals surface area contributed by atoms with Gasteiger partial charge in [0.15, 0.2) is 0 Å². The van der Waals surface area contributed by atoms with Crippen molar-refractivity contribution in [3.05, 3.63) is 53.6 Å². The summed E-state index contributed by atoms with van der Waals surface area (Å²) in [7, 11) is 0. The Bertz CT molecular complexity index is 950. The van der Waals surface area contributed by atoms with Crippen molar-refractivity contribution in [2.45, 2.75) is 44.4 Å². The topological polar surface area (TPSA) is 50.1 Å². The van der Waals surface area contributed by atoms with Crippen LogP contribution in [0.3, 0.4) is 0 Å². The van der Waals surface area contributed by atoms with Crippen LogP contribution >= 0.6 is 36.4 Å². The average Bonchev–Trinajstić information content (AvgIpc) is 3.05. The maximum Gasteiger partial charge on any atom is 0.123 e. The second-order valence-corrected chi connectivity index (χ2v) is 7.62. The number of piperidine rings is 1. The molecule has 1 fully saturated rings. The summed E-state index contributed by atoms with van der Waals surface area (Å²) in [6.07, 6.45) is 5.28. The van der Waals surface area contributed by atoms with Crippen LogP contribution in [0, 0.1) is 5.82 Å². The summed E-state index contributed by atoms with van der Waals surface area (Å²) in [6, 6.07) is 10.4. The first-order chi connectivity index (χ1) is 13.1. The van der Waals surface area contributed by atoms with Crippen molar-refractivity contribution in [2.24, 2.45) is 0 Å². The number of hydrogen-bond donors (Lipinski definition) is 2. The Balaban J connectivity index is 0.00000150. The summed E-state index contributed by atoms with van der Waals surface area (Å²) in [4.78, 5) is 4.49. The van der Waals surface area contributed by atoms with Crippen LogP contribution in [0.1, 0.15) is 25.7 Å². The first kappa shape index (κ1) is 23.9. The number of halogens is 4. The van der Waals surface area contributed by atoms with Crippen LogP contribution in [0.5, 0.6) is 0 Å². The van der Waals surface area contributed by atoms with Gasteiger partial charge in [-0.1, -0.05) is 23.7 Å². The number of fused-ring (bicyclic) bond motifs is 1. The molecule has 4 rings (SSSR count). The van der Waals surface area contributed by atoms with E-state index in [-0.39, 0.29) is 42.8 Å². The van der Waals surface area contributed by atoms with Crippen molar-refractivity contribution in [2.75, 3.05) is 6.54 Å². The molecule has 1 saturated heterocycles. The molecule has 8 heteroatoms. The molecule has 0 amide bonds. The van der Waals surface area contributed by atoms with E-state index in [4.69, 9.17) is 11.6 Å². The number of rotatable bonds is 5. The van der Waals surface area contributed by atoms with Gasteiger partial charge in [-0.15, -0.1) is 24.8 Å². The first-order valence-electron chi connectivity index (χ1n) is 9.43. The van der Waals surface area contributed by atoms with E-state index in [2.05, 4.69) is 14.9 Å². The van der Waals surface area contributed by atoms with E-state index in [1.54, 1.807) is 6.07 Å². The summed E-state index contributed by atoms with van der Waals surface area (Å²) in [5.41, 5.74) is 3.43. The van der Waals surface area contributed by atoms with Gasteiger partial charge in [0, 0.05) is 23.2 Å². The van der Waals surface area contributed by atoms with Crippen molar-refractivity contribution in [1.82, 2.24) is 14.9 Å². The largest absolute Gasteiger partial charge is 0.392 e. The van der Waals surface area contributed by atoms with Crippen LogP contribution in [-0.2, 0) is 6.54 Å². The van der Waals surface area contributed by atoms with Gasteiger partial charge in [-0.25, -0.2) is 9.37 Å². The van der Waals surface area contributed by atoms with Gasteiger partial charge in [0.25, 0.3) is 0 Å². The summed E-state index contributed by atoms with van der Waals surface area (Å²) < 4.78 is 15.8. The summed E-state index contributed by atoms with van der Waals surface area (Å²) in [5, 5.41) is 14.1. The molecule has 3 aromatic rings. The van der Waals surface area contributed by atoms with Gasteiger partial charge in [-0.3, -0.25) is 0 Å². The molecule has 2 N–H and O–H groups in total. The zero-order valence-corrected chi connectivity index (χ0v) is 18.2. The SMILES string of the molecule is Cl.Cl.O[C@H]1CCCN[C@@H]1CCCn1cnc2cc(Cl)cc(-c3cccc(F)c3)c21. The lowest BCUT2D eigenvalue weighted by Crippen LogP contribution is -2.44. The minimum atomic E-state index is -0.274. The maximum atomic E-state index is 13.7. The van der Waals surface area contributed by atoms with E-state index >= 15 is 0 Å². The number of hydrogen-bond acceptors (Lipinski definition) is 3. The Morgan fingerprint density at radius 2 is 2.07 bits per heavy atom. The average molecular weight is 461 g/mol. The third kappa shape index (κ3) is 5.41. The highest BCUT2D eigenvalue weighted by atomic mass is 35.5. The molecule has 0 unspecified atom stereocenters. The number of aliphatic hydroxyl groups is 1. The van der Waals surface area contributed by atoms with Crippen LogP contribution in [0.15, 0.2) is 42.7 Å². The second-order valence-electron chi connectivity index (χ2n) is 7.18. The third-order valence-electron chi connectivity index (χ3n) is 5.28. The predicted molar refractivity (Wildman–Crippen MR) is 121 cm³/mol. The van der Waals surface area contributed by atoms with Crippen molar-refractivity contribution in [3.8, 4) is 11.1 Å². The van der Waals surface area contributed by atoms with E-state index in [0.29, 0.717) is 5.02 Å². The molecule has 0 bridgehead atoms. The number of aliphatic hydroxyl groups excluding tert-OH is 1. The van der Waals surface area contributed by atoms with Crippen LogP contribution in [0.25, 0.3) is 22.2 Å². The van der Waals surface area contributed by atoms with Gasteiger partial charge in [0.05, 0.1) is 23.5 Å². The third-order valence-corrected chi connectivity index (χ3v) is 5.49. The van der Waals surface area contributed by atoms with E-state index in [1.165, 1.54) is 12.1 Å². The molecule has 1 aliphatic rings. The van der Waals surface area contributed by atoms with Gasteiger partial charge < -0.3 is 15.0 Å². The predicted octanol–water partition coefficient (Wildman–Crippen LogP) is 5.23. The smallest absolute Gasteiger partial charge is 0.123 e. The number of benzene rings is 2. The minimum Gasteiger partial charge on any atom is -0.392 e. The highest BCUT2D eigenvalue weighted by Crippen LogP contribution is 2.32. The number of nitrogens with zero attached hydrogens (tertiary/aromatic N) is 2. The normalized spacial score (nSPS) is 18.9. The molecular formula is C21H25Cl3FN3O. The van der Waals surface area contributed by atoms with E-state index in [9.17, 15) is 9.50 Å². The molecule has 0 spiro atoms. The van der Waals surface area contributed by atoms with Gasteiger partial charge >= 0.3 is 0 Å². The van der Waals surface area contributed by atoms with Crippen LogP contribution in [0.4, 0.5) is 4.39 Å². The number of imidazole rings is 1. The van der Waals surface area contributed by atoms with E-state index in [1.807, 2.05) is 24.5 Å². The fourth-order valence-electron chi connectivity index (χ4n) is 3.93. The standard InChI is InChI=1S/C21H23ClFN3O.2ClH/c22-15-11-17(14-4-1-5-16(23)10-14)21-19(12-15)25-13-26(21)9-3-6-18-20(27)7-2-8-24-18;;/h1,4-5,10-13,18,20,24,27H,2-3,6-9H2;2*1H/t18-,20+;;/m1../s1. The van der Waals surface area contributed by atoms with E-state index in [0.717, 1.165) is 60.9 Å². The summed E-state index contributed by atoms with van der Waals surface area (Å²) in [5.74, 6) is -0.274. The molecule has 1 aromatic heterocycles. The highest BCUT2D eigenvalue weighted by molar-refractivity contribution is 6.31. The molecule has 0 aliphatic carbocycles. The molecule has 1 aliphatic heterocycles. The molecule has 0 radical (unpaired) electrons. The lowest BCUT2D eigenvalue weighted by molar-refractivity contribution is 0.0909. The molecule has 0 saturated carbocycles. The maximum absolute atomic E-state index is 13.7. The van der Waals surface area contributed by atoms with Crippen LogP contribution in [0.2, 0.25) is 5.02 Å². The second kappa shape index (κ2) is 10.6. The molecule has 158 valence electrons. The van der Waals surface area contributed by atoms with E-state index < -0.39 is 0 Å². The summed E-state index contributed by atoms with van der Waals surface area (Å²) in [6.45, 7) is 1.75. The Hall–Kier alpha value is -1.37. The Kier molecular flexibility index (Phi) is 8.73. The highest BCUT2D eigenvalue weighted by Gasteiger charge is 2.22. The molecule has 2 heterocycles. The fourth-order valence-corrected chi connectivity index (χ4v) is 4.14. The quantitative estimate of drug-likeness (QED) is 0.548. The number of nitrogens with one attached hydrogen (secondary N) is 1. The zero-order valence-electron chi connectivity index (χ0n) is 15.9. The monoisotopic (exact) mass is 459 g/mol. The van der Waals surface area contributed by atoms with Crippen molar-refractivity contribution in [3.63, 3.8) is 0 Å². The lowest BCUT2D eigenvalue weighted by Gasteiger charge is -2.29. The Morgan fingerprint density at radius 3 is 2.83 bits per heavy atom. The van der Waals surface area contributed by atoms with Crippen LogP contribution in [-0.4, -0.2) is 33.3 Å². The molecule has 4 nitrogen and oxygen atoms in total. The number of aromatic nitrogens is 2. The van der Waals surface area contributed by atoms with Gasteiger partial charge in [-0.2, -0.15) is 0 Å². The molecule has 2 aromatic carbocycles. The van der Waals surface area contributed by atoms with Crippen LogP contribution < -0.4 is 5.32 Å². The van der Waals surface area contributed by atoms with Gasteiger partial charge in [-0.05, 0) is 62.1 Å². The zero-order chi connectivity index (χ0) is 18.8. The molecule has 2 atom stereocenters. The number of aryl methyl sites for hydroxylation is 1. The minimum absolute atomic E-state index is 0. The van der Waals surface area contributed by atoms with Gasteiger partial charge in [0.1, 0.15) is 5.82 Å². The van der Waals surface area contributed by atoms with Crippen molar-refractivity contribution < 1.29 is 9.50 Å². The van der Waals surface area contributed by atoms with Crippen molar-refractivity contribution >= 4 is 47.4 Å². The molecular weight excluding hydrogens is 436 g/mol. The fraction of sp³-hybridized carbons (Fsp3) is 0.381. The Labute approximate surface area is 187 Å². The lowest BCUT2D eigenvalue weighted by atomic mass is 9.97. The molecule has 29 heavy (non-hydrogen) atoms. The van der Waals surface area contributed by atoms with Gasteiger partial charge in [0.2, 0.25) is 0 Å². The Morgan fingerprint density at radius 1 is 1.24 bits per heavy atom. The summed E-state index contributed by atoms with van der Waals surface area (Å²) >= 11 is 6.27. The first-order valence-corrected chi connectivity index (χ1v) is 9.81. The van der Waals surface area contributed by atoms with Crippen molar-refractivity contribution in [1.29, 1.82) is 0 Å².